The van der Waals surface area contributed by atoms with Gasteiger partial charge in [0, 0.05) is 5.02 Å². The first-order valence-corrected chi connectivity index (χ1v) is 5.43. The van der Waals surface area contributed by atoms with Crippen LogP contribution in [0, 0.1) is 13.8 Å². The molecule has 4 heteroatoms. The van der Waals surface area contributed by atoms with Crippen molar-refractivity contribution in [3.63, 3.8) is 0 Å². The first kappa shape index (κ1) is 12.3. The van der Waals surface area contributed by atoms with Gasteiger partial charge < -0.3 is 4.74 Å². The monoisotopic (exact) mass is 246 g/mol. The van der Waals surface area contributed by atoms with Gasteiger partial charge in [-0.2, -0.15) is 0 Å². The highest BCUT2D eigenvalue weighted by molar-refractivity contribution is 6.32. The van der Waals surface area contributed by atoms with Gasteiger partial charge in [0.2, 0.25) is 0 Å². The predicted molar refractivity (Wildman–Crippen MR) is 62.1 cm³/mol. The fraction of sp³-hybridized carbons (Fsp3) is 0.364. The number of aryl methyl sites for hydroxylation is 2. The topological polar surface area (TPSA) is 26.3 Å². The molecule has 0 fully saturated rings. The molecule has 2 nitrogen and oxygen atoms in total. The van der Waals surface area contributed by atoms with Crippen LogP contribution in [0.3, 0.4) is 0 Å². The zero-order chi connectivity index (χ0) is 11.4. The van der Waals surface area contributed by atoms with Crippen molar-refractivity contribution < 1.29 is 9.53 Å². The summed E-state index contributed by atoms with van der Waals surface area (Å²) in [4.78, 5) is 10.9. The van der Waals surface area contributed by atoms with E-state index in [2.05, 4.69) is 0 Å². The molecular weight excluding hydrogens is 235 g/mol. The summed E-state index contributed by atoms with van der Waals surface area (Å²) < 4.78 is 5.28. The normalized spacial score (nSPS) is 10.1. The fourth-order valence-electron chi connectivity index (χ4n) is 1.19. The Morgan fingerprint density at radius 2 is 1.87 bits per heavy atom. The van der Waals surface area contributed by atoms with E-state index in [9.17, 15) is 4.79 Å². The molecule has 0 spiro atoms. The third kappa shape index (κ3) is 3.40. The number of hydrogen-bond donors (Lipinski definition) is 0. The molecule has 0 radical (unpaired) electrons. The van der Waals surface area contributed by atoms with Gasteiger partial charge in [0.1, 0.15) is 12.4 Å². The van der Waals surface area contributed by atoms with Gasteiger partial charge in [0.05, 0.1) is 5.88 Å². The molecule has 0 N–H and O–H groups in total. The van der Waals surface area contributed by atoms with Crippen molar-refractivity contribution in [2.24, 2.45) is 0 Å². The van der Waals surface area contributed by atoms with Crippen LogP contribution in [-0.2, 0) is 4.79 Å². The highest BCUT2D eigenvalue weighted by atomic mass is 35.5. The molecule has 1 rings (SSSR count). The Labute approximate surface area is 99.1 Å². The number of carbonyl (C=O) groups is 1. The SMILES string of the molecule is Cc1cc(OCC(=O)CCl)cc(C)c1Cl. The van der Waals surface area contributed by atoms with Crippen LogP contribution in [0.25, 0.3) is 0 Å². The van der Waals surface area contributed by atoms with Gasteiger partial charge >= 0.3 is 0 Å². The summed E-state index contributed by atoms with van der Waals surface area (Å²) in [6.07, 6.45) is 0. The molecule has 0 amide bonds. The number of ketones is 1. The average Bonchev–Trinajstić information content (AvgIpc) is 2.22. The van der Waals surface area contributed by atoms with Gasteiger partial charge in [-0.05, 0) is 37.1 Å². The van der Waals surface area contributed by atoms with E-state index in [0.29, 0.717) is 5.75 Å². The Kier molecular flexibility index (Phi) is 4.43. The third-order valence-corrected chi connectivity index (χ3v) is 2.85. The number of halogens is 2. The van der Waals surface area contributed by atoms with Gasteiger partial charge in [-0.3, -0.25) is 4.79 Å². The number of ether oxygens (including phenoxy) is 1. The van der Waals surface area contributed by atoms with E-state index >= 15 is 0 Å². The zero-order valence-electron chi connectivity index (χ0n) is 8.64. The lowest BCUT2D eigenvalue weighted by Crippen LogP contribution is -2.12. The Bertz CT molecular complexity index is 352. The molecular formula is C11H12Cl2O2. The quantitative estimate of drug-likeness (QED) is 0.764. The average molecular weight is 247 g/mol. The first-order valence-electron chi connectivity index (χ1n) is 4.51. The van der Waals surface area contributed by atoms with E-state index in [0.717, 1.165) is 16.1 Å². The number of carbonyl (C=O) groups excluding carboxylic acids is 1. The Balaban J connectivity index is 2.75. The molecule has 0 bridgehead atoms. The van der Waals surface area contributed by atoms with Gasteiger partial charge in [-0.25, -0.2) is 0 Å². The maximum atomic E-state index is 10.9. The second-order valence-electron chi connectivity index (χ2n) is 3.33. The van der Waals surface area contributed by atoms with Crippen LogP contribution in [0.5, 0.6) is 5.75 Å². The minimum absolute atomic E-state index is 0.00398. The number of rotatable bonds is 4. The summed E-state index contributed by atoms with van der Waals surface area (Å²) in [5.74, 6) is 0.487. The largest absolute Gasteiger partial charge is 0.486 e. The lowest BCUT2D eigenvalue weighted by atomic mass is 10.1. The molecule has 0 aliphatic rings. The molecule has 0 heterocycles. The number of alkyl halides is 1. The maximum Gasteiger partial charge on any atom is 0.184 e. The van der Waals surface area contributed by atoms with Gasteiger partial charge in [0.15, 0.2) is 5.78 Å². The first-order chi connectivity index (χ1) is 7.04. The van der Waals surface area contributed by atoms with Crippen LogP contribution in [0.15, 0.2) is 12.1 Å². The van der Waals surface area contributed by atoms with Crippen molar-refractivity contribution in [1.29, 1.82) is 0 Å². The summed E-state index contributed by atoms with van der Waals surface area (Å²) in [6.45, 7) is 3.79. The second-order valence-corrected chi connectivity index (χ2v) is 3.98. The van der Waals surface area contributed by atoms with Gasteiger partial charge in [-0.1, -0.05) is 11.6 Å². The zero-order valence-corrected chi connectivity index (χ0v) is 10.2. The van der Waals surface area contributed by atoms with Gasteiger partial charge in [0.25, 0.3) is 0 Å². The molecule has 1 aromatic rings. The van der Waals surface area contributed by atoms with Crippen LogP contribution in [-0.4, -0.2) is 18.3 Å². The van der Waals surface area contributed by atoms with E-state index in [-0.39, 0.29) is 18.3 Å². The van der Waals surface area contributed by atoms with E-state index in [1.165, 1.54) is 0 Å². The molecule has 0 aliphatic heterocycles. The molecule has 0 atom stereocenters. The summed E-state index contributed by atoms with van der Waals surface area (Å²) in [5, 5.41) is 0.728. The van der Waals surface area contributed by atoms with Crippen molar-refractivity contribution in [2.45, 2.75) is 13.8 Å². The van der Waals surface area contributed by atoms with Gasteiger partial charge in [-0.15, -0.1) is 11.6 Å². The minimum atomic E-state index is -0.137. The van der Waals surface area contributed by atoms with Crippen LogP contribution in [0.1, 0.15) is 11.1 Å². The molecule has 0 saturated heterocycles. The molecule has 1 aromatic carbocycles. The third-order valence-electron chi connectivity index (χ3n) is 1.96. The fourth-order valence-corrected chi connectivity index (χ4v) is 1.38. The molecule has 82 valence electrons. The smallest absolute Gasteiger partial charge is 0.184 e. The number of Topliss-reactive ketones (excluding diaryl/α,β-unsaturated/α-hetero) is 1. The lowest BCUT2D eigenvalue weighted by molar-refractivity contribution is -0.118. The standard InChI is InChI=1S/C11H12Cl2O2/c1-7-3-10(4-8(2)11(7)13)15-6-9(14)5-12/h3-4H,5-6H2,1-2H3. The summed E-state index contributed by atoms with van der Waals surface area (Å²) in [5.41, 5.74) is 1.87. The van der Waals surface area contributed by atoms with E-state index in [4.69, 9.17) is 27.9 Å². The summed E-state index contributed by atoms with van der Waals surface area (Å²) in [7, 11) is 0. The van der Waals surface area contributed by atoms with Crippen molar-refractivity contribution >= 4 is 29.0 Å². The van der Waals surface area contributed by atoms with Crippen LogP contribution < -0.4 is 4.74 Å². The van der Waals surface area contributed by atoms with E-state index in [1.807, 2.05) is 13.8 Å². The van der Waals surface area contributed by atoms with Crippen molar-refractivity contribution in [2.75, 3.05) is 12.5 Å². The van der Waals surface area contributed by atoms with E-state index < -0.39 is 0 Å². The molecule has 0 unspecified atom stereocenters. The summed E-state index contributed by atoms with van der Waals surface area (Å²) in [6, 6.07) is 3.60. The van der Waals surface area contributed by atoms with E-state index in [1.54, 1.807) is 12.1 Å². The Morgan fingerprint density at radius 1 is 1.33 bits per heavy atom. The minimum Gasteiger partial charge on any atom is -0.486 e. The Hall–Kier alpha value is -0.730. The molecule has 0 aliphatic carbocycles. The predicted octanol–water partition coefficient (Wildman–Crippen LogP) is 3.14. The van der Waals surface area contributed by atoms with Crippen molar-refractivity contribution in [1.82, 2.24) is 0 Å². The van der Waals surface area contributed by atoms with Crippen LogP contribution in [0.4, 0.5) is 0 Å². The van der Waals surface area contributed by atoms with Crippen LogP contribution in [0.2, 0.25) is 5.02 Å². The van der Waals surface area contributed by atoms with Crippen LogP contribution >= 0.6 is 23.2 Å². The lowest BCUT2D eigenvalue weighted by Gasteiger charge is -2.08. The highest BCUT2D eigenvalue weighted by Gasteiger charge is 2.05. The molecule has 0 saturated carbocycles. The summed E-state index contributed by atoms with van der Waals surface area (Å²) >= 11 is 11.4. The Morgan fingerprint density at radius 3 is 2.33 bits per heavy atom. The molecule has 15 heavy (non-hydrogen) atoms. The maximum absolute atomic E-state index is 10.9. The number of hydrogen-bond acceptors (Lipinski definition) is 2. The highest BCUT2D eigenvalue weighted by Crippen LogP contribution is 2.25. The number of benzene rings is 1. The second kappa shape index (κ2) is 5.38. The van der Waals surface area contributed by atoms with Crippen molar-refractivity contribution in [3.8, 4) is 5.75 Å². The molecule has 0 aromatic heterocycles. The van der Waals surface area contributed by atoms with Crippen molar-refractivity contribution in [3.05, 3.63) is 28.3 Å².